The van der Waals surface area contributed by atoms with Crippen LogP contribution in [0.25, 0.3) is 0 Å². The van der Waals surface area contributed by atoms with Crippen molar-refractivity contribution in [3.8, 4) is 0 Å². The van der Waals surface area contributed by atoms with Crippen LogP contribution in [0.5, 0.6) is 0 Å². The van der Waals surface area contributed by atoms with E-state index in [4.69, 9.17) is 14.9 Å². The molecule has 1 aromatic carbocycles. The molecule has 21 heavy (non-hydrogen) atoms. The summed E-state index contributed by atoms with van der Waals surface area (Å²) in [6, 6.07) is 2.94. The fourth-order valence-electron chi connectivity index (χ4n) is 2.10. The Morgan fingerprint density at radius 2 is 1.90 bits per heavy atom. The number of ether oxygens (including phenoxy) is 1. The van der Waals surface area contributed by atoms with Crippen LogP contribution in [0.15, 0.2) is 29.8 Å². The minimum atomic E-state index is -2.08. The van der Waals surface area contributed by atoms with Gasteiger partial charge in [0.1, 0.15) is 11.6 Å². The molecule has 1 atom stereocenters. The maximum Gasteiger partial charge on any atom is 0.249 e. The number of carbonyl (C=O) groups excluding carboxylic acids is 1. The molecule has 0 aromatic heterocycles. The molecule has 0 aliphatic carbocycles. The van der Waals surface area contributed by atoms with Crippen LogP contribution in [0, 0.1) is 11.6 Å². The van der Waals surface area contributed by atoms with E-state index in [1.54, 1.807) is 0 Å². The zero-order valence-corrected chi connectivity index (χ0v) is 13.3. The first-order valence-corrected chi connectivity index (χ1v) is 9.83. The van der Waals surface area contributed by atoms with E-state index in [0.717, 1.165) is 6.07 Å². The van der Waals surface area contributed by atoms with E-state index in [1.807, 2.05) is 19.6 Å². The standard InChI is InChI=1S/C14H17F2NO3Si/c1-14(9-6-5-8(15)7-10(9)16)12(18)11(13(17)19-14)20-21(2,3)4/h5-7H,17H2,1-4H3. The second kappa shape index (κ2) is 4.83. The van der Waals surface area contributed by atoms with Crippen LogP contribution < -0.4 is 5.73 Å². The van der Waals surface area contributed by atoms with Gasteiger partial charge in [-0.25, -0.2) is 8.78 Å². The zero-order chi connectivity index (χ0) is 16.0. The summed E-state index contributed by atoms with van der Waals surface area (Å²) in [6.45, 7) is 7.04. The van der Waals surface area contributed by atoms with Gasteiger partial charge in [0, 0.05) is 11.6 Å². The Labute approximate surface area is 122 Å². The third kappa shape index (κ3) is 2.78. The van der Waals surface area contributed by atoms with Crippen molar-refractivity contribution in [2.24, 2.45) is 5.73 Å². The van der Waals surface area contributed by atoms with Crippen LogP contribution in [0.4, 0.5) is 8.78 Å². The number of carbonyl (C=O) groups is 1. The molecule has 0 saturated heterocycles. The predicted octanol–water partition coefficient (Wildman–Crippen LogP) is 2.76. The smallest absolute Gasteiger partial charge is 0.249 e. The maximum absolute atomic E-state index is 13.9. The summed E-state index contributed by atoms with van der Waals surface area (Å²) in [6.07, 6.45) is 0. The molecule has 1 aliphatic rings. The minimum Gasteiger partial charge on any atom is -0.538 e. The first kappa shape index (κ1) is 15.5. The molecular weight excluding hydrogens is 296 g/mol. The van der Waals surface area contributed by atoms with E-state index in [9.17, 15) is 13.6 Å². The molecule has 7 heteroatoms. The molecule has 2 rings (SSSR count). The number of benzene rings is 1. The van der Waals surface area contributed by atoms with Gasteiger partial charge in [0.25, 0.3) is 0 Å². The van der Waals surface area contributed by atoms with E-state index in [2.05, 4.69) is 0 Å². The van der Waals surface area contributed by atoms with Crippen molar-refractivity contribution in [2.75, 3.05) is 0 Å². The Hall–Kier alpha value is -1.89. The van der Waals surface area contributed by atoms with E-state index < -0.39 is 31.3 Å². The van der Waals surface area contributed by atoms with Gasteiger partial charge < -0.3 is 14.9 Å². The normalized spacial score (nSPS) is 22.5. The Morgan fingerprint density at radius 1 is 1.29 bits per heavy atom. The first-order chi connectivity index (χ1) is 9.54. The highest BCUT2D eigenvalue weighted by atomic mass is 28.4. The molecule has 0 saturated carbocycles. The fraction of sp³-hybridized carbons (Fsp3) is 0.357. The quantitative estimate of drug-likeness (QED) is 0.872. The van der Waals surface area contributed by atoms with Crippen molar-refractivity contribution in [1.29, 1.82) is 0 Å². The lowest BCUT2D eigenvalue weighted by atomic mass is 9.91. The molecule has 1 aliphatic heterocycles. The van der Waals surface area contributed by atoms with Crippen LogP contribution >= 0.6 is 0 Å². The van der Waals surface area contributed by atoms with Gasteiger partial charge in [0.15, 0.2) is 0 Å². The van der Waals surface area contributed by atoms with Gasteiger partial charge in [-0.15, -0.1) is 0 Å². The lowest BCUT2D eigenvalue weighted by molar-refractivity contribution is -0.131. The average Bonchev–Trinajstić information content (AvgIpc) is 2.52. The monoisotopic (exact) mass is 313 g/mol. The summed E-state index contributed by atoms with van der Waals surface area (Å²) in [5, 5.41) is 0. The largest absolute Gasteiger partial charge is 0.538 e. The first-order valence-electron chi connectivity index (χ1n) is 6.43. The zero-order valence-electron chi connectivity index (χ0n) is 12.3. The highest BCUT2D eigenvalue weighted by Gasteiger charge is 2.50. The molecule has 0 bridgehead atoms. The van der Waals surface area contributed by atoms with Crippen molar-refractivity contribution in [3.05, 3.63) is 47.0 Å². The number of ketones is 1. The van der Waals surface area contributed by atoms with Crippen LogP contribution in [0.3, 0.4) is 0 Å². The Bertz CT molecular complexity index is 640. The van der Waals surface area contributed by atoms with E-state index in [1.165, 1.54) is 13.0 Å². The average molecular weight is 313 g/mol. The van der Waals surface area contributed by atoms with Crippen molar-refractivity contribution in [1.82, 2.24) is 0 Å². The SMILES string of the molecule is CC1(c2ccc(F)cc2F)OC(N)=C(O[Si](C)(C)C)C1=O. The summed E-state index contributed by atoms with van der Waals surface area (Å²) in [7, 11) is -2.08. The van der Waals surface area contributed by atoms with E-state index in [-0.39, 0.29) is 17.2 Å². The van der Waals surface area contributed by atoms with E-state index in [0.29, 0.717) is 6.07 Å². The Balaban J connectivity index is 2.41. The number of halogens is 2. The van der Waals surface area contributed by atoms with Gasteiger partial charge in [-0.05, 0) is 38.7 Å². The van der Waals surface area contributed by atoms with Crippen LogP contribution in [-0.4, -0.2) is 14.1 Å². The van der Waals surface area contributed by atoms with Crippen LogP contribution in [0.1, 0.15) is 12.5 Å². The molecule has 1 heterocycles. The molecule has 4 nitrogen and oxygen atoms in total. The molecule has 0 radical (unpaired) electrons. The lowest BCUT2D eigenvalue weighted by Gasteiger charge is -2.24. The highest BCUT2D eigenvalue weighted by Crippen LogP contribution is 2.39. The van der Waals surface area contributed by atoms with Gasteiger partial charge in [0.2, 0.25) is 31.3 Å². The van der Waals surface area contributed by atoms with Crippen LogP contribution in [-0.2, 0) is 19.6 Å². The van der Waals surface area contributed by atoms with Gasteiger partial charge in [0.05, 0.1) is 0 Å². The molecule has 2 N–H and O–H groups in total. The number of hydrogen-bond acceptors (Lipinski definition) is 4. The van der Waals surface area contributed by atoms with Crippen molar-refractivity contribution in [3.63, 3.8) is 0 Å². The molecule has 114 valence electrons. The van der Waals surface area contributed by atoms with Gasteiger partial charge in [-0.2, -0.15) is 0 Å². The third-order valence-electron chi connectivity index (χ3n) is 3.03. The molecular formula is C14H17F2NO3Si. The van der Waals surface area contributed by atoms with Crippen molar-refractivity contribution >= 4 is 14.1 Å². The number of hydrogen-bond donors (Lipinski definition) is 1. The summed E-state index contributed by atoms with van der Waals surface area (Å²) in [5.41, 5.74) is 3.99. The Kier molecular flexibility index (Phi) is 3.57. The van der Waals surface area contributed by atoms with Gasteiger partial charge in [-0.1, -0.05) is 0 Å². The topological polar surface area (TPSA) is 61.6 Å². The Morgan fingerprint density at radius 3 is 2.43 bits per heavy atom. The molecule has 0 amide bonds. The number of rotatable bonds is 3. The van der Waals surface area contributed by atoms with Crippen molar-refractivity contribution in [2.45, 2.75) is 32.2 Å². The summed E-state index contributed by atoms with van der Waals surface area (Å²) < 4.78 is 38.0. The van der Waals surface area contributed by atoms with Crippen LogP contribution in [0.2, 0.25) is 19.6 Å². The molecule has 1 unspecified atom stereocenters. The number of Topliss-reactive ketones (excluding diaryl/α,β-unsaturated/α-hetero) is 1. The summed E-state index contributed by atoms with van der Waals surface area (Å²) >= 11 is 0. The molecule has 0 fully saturated rings. The second-order valence-corrected chi connectivity index (χ2v) is 10.4. The van der Waals surface area contributed by atoms with Gasteiger partial charge in [-0.3, -0.25) is 4.79 Å². The predicted molar refractivity (Wildman–Crippen MR) is 75.4 cm³/mol. The second-order valence-electron chi connectivity index (χ2n) is 6.00. The molecule has 1 aromatic rings. The third-order valence-corrected chi connectivity index (χ3v) is 3.85. The molecule has 0 spiro atoms. The fourth-order valence-corrected chi connectivity index (χ4v) is 2.90. The lowest BCUT2D eigenvalue weighted by Crippen LogP contribution is -2.35. The minimum absolute atomic E-state index is 0.0778. The maximum atomic E-state index is 13.9. The number of nitrogens with two attached hydrogens (primary N) is 1. The van der Waals surface area contributed by atoms with E-state index >= 15 is 0 Å². The van der Waals surface area contributed by atoms with Crippen molar-refractivity contribution < 1.29 is 22.7 Å². The van der Waals surface area contributed by atoms with Gasteiger partial charge >= 0.3 is 0 Å². The summed E-state index contributed by atoms with van der Waals surface area (Å²) in [4.78, 5) is 12.5. The summed E-state index contributed by atoms with van der Waals surface area (Å²) in [5.74, 6) is -2.42. The highest BCUT2D eigenvalue weighted by molar-refractivity contribution is 6.70.